The van der Waals surface area contributed by atoms with Crippen LogP contribution in [0.15, 0.2) is 12.4 Å². The minimum absolute atomic E-state index is 0.314. The number of aryl methyl sites for hydroxylation is 1. The Bertz CT molecular complexity index is 354. The zero-order valence-electron chi connectivity index (χ0n) is 11.3. The number of ether oxygens (including phenoxy) is 2. The molecule has 0 amide bonds. The molecular formula is C13H23N3O2. The topological polar surface area (TPSA) is 48.3 Å². The molecule has 0 radical (unpaired) electrons. The Balaban J connectivity index is 1.90. The van der Waals surface area contributed by atoms with Gasteiger partial charge in [-0.1, -0.05) is 0 Å². The first kappa shape index (κ1) is 13.4. The summed E-state index contributed by atoms with van der Waals surface area (Å²) in [5, 5.41) is 3.50. The van der Waals surface area contributed by atoms with Crippen molar-refractivity contribution in [2.24, 2.45) is 0 Å². The van der Waals surface area contributed by atoms with E-state index in [2.05, 4.69) is 14.9 Å². The van der Waals surface area contributed by atoms with Crippen LogP contribution in [0.5, 0.6) is 0 Å². The lowest BCUT2D eigenvalue weighted by molar-refractivity contribution is 0.101. The Hall–Kier alpha value is -1.07. The monoisotopic (exact) mass is 253 g/mol. The van der Waals surface area contributed by atoms with Crippen molar-refractivity contribution in [2.45, 2.75) is 44.4 Å². The van der Waals surface area contributed by atoms with Gasteiger partial charge >= 0.3 is 0 Å². The summed E-state index contributed by atoms with van der Waals surface area (Å²) in [6.07, 6.45) is 8.68. The second-order valence-corrected chi connectivity index (χ2v) is 4.75. The van der Waals surface area contributed by atoms with Crippen LogP contribution in [0.25, 0.3) is 0 Å². The van der Waals surface area contributed by atoms with Gasteiger partial charge in [-0.2, -0.15) is 0 Å². The molecule has 1 saturated carbocycles. The minimum Gasteiger partial charge on any atom is -0.385 e. The fraction of sp³-hybridized carbons (Fsp3) is 0.769. The molecule has 1 aromatic rings. The van der Waals surface area contributed by atoms with Gasteiger partial charge in [0.05, 0.1) is 12.1 Å². The van der Waals surface area contributed by atoms with Crippen molar-refractivity contribution < 1.29 is 9.47 Å². The normalized spacial score (nSPS) is 23.4. The third-order valence-electron chi connectivity index (χ3n) is 3.53. The highest BCUT2D eigenvalue weighted by atomic mass is 16.5. The van der Waals surface area contributed by atoms with Crippen molar-refractivity contribution in [3.63, 3.8) is 0 Å². The largest absolute Gasteiger partial charge is 0.385 e. The van der Waals surface area contributed by atoms with E-state index < -0.39 is 0 Å². The standard InChI is InChI=1S/C13H23N3O2/c1-17-10-4-8-16-9-7-14-13(16)15-11-5-3-6-12(11)18-2/h7,9,11-12H,3-6,8,10H2,1-2H3,(H,14,15). The highest BCUT2D eigenvalue weighted by Crippen LogP contribution is 2.24. The summed E-state index contributed by atoms with van der Waals surface area (Å²) < 4.78 is 12.7. The summed E-state index contributed by atoms with van der Waals surface area (Å²) in [6, 6.07) is 0.388. The van der Waals surface area contributed by atoms with E-state index in [4.69, 9.17) is 9.47 Å². The van der Waals surface area contributed by atoms with Crippen molar-refractivity contribution in [2.75, 3.05) is 26.1 Å². The van der Waals surface area contributed by atoms with Crippen LogP contribution in [0.3, 0.4) is 0 Å². The highest BCUT2D eigenvalue weighted by molar-refractivity contribution is 5.28. The van der Waals surface area contributed by atoms with Gasteiger partial charge in [0, 0.05) is 39.8 Å². The Morgan fingerprint density at radius 3 is 3.11 bits per heavy atom. The summed E-state index contributed by atoms with van der Waals surface area (Å²) in [4.78, 5) is 4.38. The third kappa shape index (κ3) is 3.23. The van der Waals surface area contributed by atoms with E-state index >= 15 is 0 Å². The number of nitrogens with zero attached hydrogens (tertiary/aromatic N) is 2. The predicted octanol–water partition coefficient (Wildman–Crippen LogP) is 1.90. The van der Waals surface area contributed by atoms with Gasteiger partial charge in [-0.15, -0.1) is 0 Å². The van der Waals surface area contributed by atoms with Gasteiger partial charge in [-0.25, -0.2) is 4.98 Å². The quantitative estimate of drug-likeness (QED) is 0.754. The van der Waals surface area contributed by atoms with E-state index in [9.17, 15) is 0 Å². The Kier molecular flexibility index (Phi) is 5.01. The van der Waals surface area contributed by atoms with Crippen LogP contribution in [-0.2, 0) is 16.0 Å². The van der Waals surface area contributed by atoms with Crippen LogP contribution in [0.1, 0.15) is 25.7 Å². The van der Waals surface area contributed by atoms with Gasteiger partial charge in [0.2, 0.25) is 5.95 Å². The predicted molar refractivity (Wildman–Crippen MR) is 70.8 cm³/mol. The molecule has 0 aliphatic heterocycles. The van der Waals surface area contributed by atoms with E-state index in [1.54, 1.807) is 14.2 Å². The molecule has 1 aromatic heterocycles. The Morgan fingerprint density at radius 1 is 1.44 bits per heavy atom. The van der Waals surface area contributed by atoms with Crippen molar-refractivity contribution in [3.8, 4) is 0 Å². The molecular weight excluding hydrogens is 230 g/mol. The molecule has 0 aromatic carbocycles. The zero-order valence-corrected chi connectivity index (χ0v) is 11.3. The van der Waals surface area contributed by atoms with Gasteiger partial charge in [0.25, 0.3) is 0 Å². The smallest absolute Gasteiger partial charge is 0.203 e. The van der Waals surface area contributed by atoms with E-state index in [-0.39, 0.29) is 0 Å². The first-order valence-electron chi connectivity index (χ1n) is 6.64. The lowest BCUT2D eigenvalue weighted by Gasteiger charge is -2.20. The average Bonchev–Trinajstić information content (AvgIpc) is 3.00. The number of hydrogen-bond donors (Lipinski definition) is 1. The summed E-state index contributed by atoms with van der Waals surface area (Å²) in [5.74, 6) is 0.944. The molecule has 1 heterocycles. The number of rotatable bonds is 7. The van der Waals surface area contributed by atoms with E-state index in [1.165, 1.54) is 6.42 Å². The molecule has 5 heteroatoms. The molecule has 0 bridgehead atoms. The van der Waals surface area contributed by atoms with E-state index in [0.717, 1.165) is 38.4 Å². The summed E-state index contributed by atoms with van der Waals surface area (Å²) >= 11 is 0. The molecule has 5 nitrogen and oxygen atoms in total. The second kappa shape index (κ2) is 6.75. The fourth-order valence-corrected chi connectivity index (χ4v) is 2.55. The first-order chi connectivity index (χ1) is 8.85. The van der Waals surface area contributed by atoms with Crippen molar-refractivity contribution >= 4 is 5.95 Å². The molecule has 2 unspecified atom stereocenters. The van der Waals surface area contributed by atoms with Gasteiger partial charge in [-0.05, 0) is 25.7 Å². The molecule has 1 aliphatic rings. The van der Waals surface area contributed by atoms with Gasteiger partial charge in [-0.3, -0.25) is 0 Å². The molecule has 102 valence electrons. The van der Waals surface area contributed by atoms with Crippen LogP contribution in [0.4, 0.5) is 5.95 Å². The maximum atomic E-state index is 5.49. The van der Waals surface area contributed by atoms with Gasteiger partial charge < -0.3 is 19.4 Å². The van der Waals surface area contributed by atoms with Crippen molar-refractivity contribution in [1.29, 1.82) is 0 Å². The van der Waals surface area contributed by atoms with Gasteiger partial charge in [0.1, 0.15) is 0 Å². The minimum atomic E-state index is 0.314. The molecule has 1 aliphatic carbocycles. The summed E-state index contributed by atoms with van der Waals surface area (Å²) in [5.41, 5.74) is 0. The summed E-state index contributed by atoms with van der Waals surface area (Å²) in [7, 11) is 3.52. The molecule has 1 N–H and O–H groups in total. The number of anilines is 1. The third-order valence-corrected chi connectivity index (χ3v) is 3.53. The number of aromatic nitrogens is 2. The number of imidazole rings is 1. The lowest BCUT2D eigenvalue weighted by Crippen LogP contribution is -2.31. The maximum absolute atomic E-state index is 5.49. The molecule has 2 atom stereocenters. The first-order valence-corrected chi connectivity index (χ1v) is 6.64. The number of hydrogen-bond acceptors (Lipinski definition) is 4. The number of methoxy groups -OCH3 is 2. The molecule has 2 rings (SSSR count). The maximum Gasteiger partial charge on any atom is 0.203 e. The van der Waals surface area contributed by atoms with Crippen LogP contribution >= 0.6 is 0 Å². The van der Waals surface area contributed by atoms with Crippen LogP contribution in [0.2, 0.25) is 0 Å². The van der Waals surface area contributed by atoms with Crippen molar-refractivity contribution in [3.05, 3.63) is 12.4 Å². The highest BCUT2D eigenvalue weighted by Gasteiger charge is 2.27. The zero-order chi connectivity index (χ0) is 12.8. The SMILES string of the molecule is COCCCn1ccnc1NC1CCCC1OC. The molecule has 18 heavy (non-hydrogen) atoms. The Labute approximate surface area is 108 Å². The van der Waals surface area contributed by atoms with Gasteiger partial charge in [0.15, 0.2) is 0 Å². The van der Waals surface area contributed by atoms with E-state index in [0.29, 0.717) is 12.1 Å². The lowest BCUT2D eigenvalue weighted by atomic mass is 10.2. The molecule has 0 saturated heterocycles. The van der Waals surface area contributed by atoms with E-state index in [1.807, 2.05) is 12.4 Å². The van der Waals surface area contributed by atoms with Crippen molar-refractivity contribution in [1.82, 2.24) is 9.55 Å². The fourth-order valence-electron chi connectivity index (χ4n) is 2.55. The molecule has 0 spiro atoms. The van der Waals surface area contributed by atoms with Crippen LogP contribution in [-0.4, -0.2) is 42.5 Å². The average molecular weight is 253 g/mol. The second-order valence-electron chi connectivity index (χ2n) is 4.75. The Morgan fingerprint density at radius 2 is 2.33 bits per heavy atom. The van der Waals surface area contributed by atoms with Crippen LogP contribution < -0.4 is 5.32 Å². The van der Waals surface area contributed by atoms with Crippen LogP contribution in [0, 0.1) is 0 Å². The summed E-state index contributed by atoms with van der Waals surface area (Å²) in [6.45, 7) is 1.71. The molecule has 1 fully saturated rings. The number of nitrogens with one attached hydrogen (secondary N) is 1.